The van der Waals surface area contributed by atoms with E-state index in [0.29, 0.717) is 17.0 Å². The molecule has 0 aliphatic rings. The molecule has 0 spiro atoms. The van der Waals surface area contributed by atoms with Crippen LogP contribution in [-0.2, 0) is 0 Å². The number of fused-ring (bicyclic) bond motifs is 1. The first-order chi connectivity index (χ1) is 7.58. The van der Waals surface area contributed by atoms with Crippen molar-refractivity contribution in [3.05, 3.63) is 29.2 Å². The molecule has 1 aromatic heterocycles. The van der Waals surface area contributed by atoms with E-state index >= 15 is 0 Å². The Morgan fingerprint density at radius 2 is 1.94 bits per heavy atom. The first kappa shape index (κ1) is 12.2. The number of aromatic carboxylic acids is 1. The predicted molar refractivity (Wildman–Crippen MR) is 61.8 cm³/mol. The van der Waals surface area contributed by atoms with Crippen LogP contribution in [0.15, 0.2) is 16.5 Å². The van der Waals surface area contributed by atoms with Gasteiger partial charge in [-0.1, -0.05) is 13.8 Å². The highest BCUT2D eigenvalue weighted by Gasteiger charge is 2.10. The summed E-state index contributed by atoms with van der Waals surface area (Å²) in [4.78, 5) is 14.8. The van der Waals surface area contributed by atoms with E-state index in [1.165, 1.54) is 6.07 Å². The lowest BCUT2D eigenvalue weighted by atomic mass is 10.1. The lowest BCUT2D eigenvalue weighted by molar-refractivity contribution is 0.0697. The molecule has 16 heavy (non-hydrogen) atoms. The highest BCUT2D eigenvalue weighted by Crippen LogP contribution is 2.21. The fraction of sp³-hybridized carbons (Fsp3) is 0.333. The van der Waals surface area contributed by atoms with Crippen LogP contribution in [0.4, 0.5) is 0 Å². The molecule has 0 aliphatic heterocycles. The Morgan fingerprint density at radius 3 is 2.50 bits per heavy atom. The van der Waals surface area contributed by atoms with Gasteiger partial charge >= 0.3 is 5.97 Å². The standard InChI is InChI=1S/C10H9NO3.C2H6/c1-5-3-7(10(12)13)4-8-9(5)14-6(2)11-8;1-2/h3-4H,1-2H3,(H,12,13);1-2H3. The second-order valence-corrected chi connectivity index (χ2v) is 3.18. The van der Waals surface area contributed by atoms with Gasteiger partial charge in [0.15, 0.2) is 11.5 Å². The molecule has 1 N–H and O–H groups in total. The number of aryl methyl sites for hydroxylation is 2. The quantitative estimate of drug-likeness (QED) is 0.803. The van der Waals surface area contributed by atoms with Gasteiger partial charge in [0.05, 0.1) is 5.56 Å². The van der Waals surface area contributed by atoms with Crippen LogP contribution < -0.4 is 0 Å². The van der Waals surface area contributed by atoms with Crippen LogP contribution in [0.5, 0.6) is 0 Å². The maximum atomic E-state index is 10.7. The van der Waals surface area contributed by atoms with Crippen molar-refractivity contribution in [3.8, 4) is 0 Å². The Hall–Kier alpha value is -1.84. The van der Waals surface area contributed by atoms with Crippen LogP contribution in [-0.4, -0.2) is 16.1 Å². The molecule has 0 unspecified atom stereocenters. The molecule has 0 saturated carbocycles. The van der Waals surface area contributed by atoms with Crippen molar-refractivity contribution in [2.24, 2.45) is 0 Å². The van der Waals surface area contributed by atoms with Crippen molar-refractivity contribution in [2.75, 3.05) is 0 Å². The third-order valence-electron chi connectivity index (χ3n) is 2.03. The lowest BCUT2D eigenvalue weighted by Crippen LogP contribution is -1.96. The van der Waals surface area contributed by atoms with Gasteiger partial charge in [-0.05, 0) is 24.6 Å². The average Bonchev–Trinajstić information content (AvgIpc) is 2.62. The van der Waals surface area contributed by atoms with E-state index < -0.39 is 5.97 Å². The summed E-state index contributed by atoms with van der Waals surface area (Å²) in [7, 11) is 0. The van der Waals surface area contributed by atoms with E-state index in [1.54, 1.807) is 19.9 Å². The van der Waals surface area contributed by atoms with E-state index in [2.05, 4.69) is 4.98 Å². The molecule has 4 heteroatoms. The number of rotatable bonds is 1. The molecular weight excluding hydrogens is 206 g/mol. The summed E-state index contributed by atoms with van der Waals surface area (Å²) in [5.74, 6) is -0.402. The van der Waals surface area contributed by atoms with E-state index in [0.717, 1.165) is 5.56 Å². The van der Waals surface area contributed by atoms with Gasteiger partial charge in [-0.15, -0.1) is 0 Å². The minimum Gasteiger partial charge on any atom is -0.478 e. The zero-order valence-corrected chi connectivity index (χ0v) is 9.87. The third kappa shape index (κ3) is 2.21. The molecule has 1 aromatic carbocycles. The zero-order chi connectivity index (χ0) is 12.3. The fourth-order valence-corrected chi connectivity index (χ4v) is 1.43. The molecule has 2 rings (SSSR count). The molecule has 86 valence electrons. The molecule has 2 aromatic rings. The number of nitrogens with zero attached hydrogens (tertiary/aromatic N) is 1. The number of carboxylic acid groups (broad SMARTS) is 1. The van der Waals surface area contributed by atoms with Gasteiger partial charge in [-0.3, -0.25) is 0 Å². The van der Waals surface area contributed by atoms with Gasteiger partial charge in [-0.2, -0.15) is 0 Å². The van der Waals surface area contributed by atoms with Crippen molar-refractivity contribution in [3.63, 3.8) is 0 Å². The average molecular weight is 221 g/mol. The van der Waals surface area contributed by atoms with Gasteiger partial charge in [0.2, 0.25) is 0 Å². The number of hydrogen-bond acceptors (Lipinski definition) is 3. The summed E-state index contributed by atoms with van der Waals surface area (Å²) >= 11 is 0. The zero-order valence-electron chi connectivity index (χ0n) is 9.87. The maximum absolute atomic E-state index is 10.7. The monoisotopic (exact) mass is 221 g/mol. The third-order valence-corrected chi connectivity index (χ3v) is 2.03. The number of hydrogen-bond donors (Lipinski definition) is 1. The molecule has 0 radical (unpaired) electrons. The number of aromatic nitrogens is 1. The Labute approximate surface area is 93.9 Å². The van der Waals surface area contributed by atoms with Crippen molar-refractivity contribution < 1.29 is 14.3 Å². The number of benzene rings is 1. The minimum atomic E-state index is -0.948. The van der Waals surface area contributed by atoms with Crippen LogP contribution in [0.3, 0.4) is 0 Å². The highest BCUT2D eigenvalue weighted by atomic mass is 16.4. The first-order valence-corrected chi connectivity index (χ1v) is 5.19. The molecule has 0 amide bonds. The topological polar surface area (TPSA) is 63.3 Å². The first-order valence-electron chi connectivity index (χ1n) is 5.19. The van der Waals surface area contributed by atoms with Crippen LogP contribution in [0, 0.1) is 13.8 Å². The molecule has 0 saturated heterocycles. The number of oxazole rings is 1. The summed E-state index contributed by atoms with van der Waals surface area (Å²) in [6, 6.07) is 3.09. The van der Waals surface area contributed by atoms with E-state index in [9.17, 15) is 4.79 Å². The molecule has 0 aliphatic carbocycles. The summed E-state index contributed by atoms with van der Waals surface area (Å²) in [5.41, 5.74) is 2.29. The van der Waals surface area contributed by atoms with E-state index in [1.807, 2.05) is 13.8 Å². The Bertz CT molecular complexity index is 514. The molecule has 1 heterocycles. The summed E-state index contributed by atoms with van der Waals surface area (Å²) in [6.45, 7) is 7.54. The SMILES string of the molecule is CC.Cc1nc2cc(C(=O)O)cc(C)c2o1. The molecule has 0 bridgehead atoms. The maximum Gasteiger partial charge on any atom is 0.335 e. The molecular formula is C12H15NO3. The summed E-state index contributed by atoms with van der Waals surface area (Å²) in [5, 5.41) is 8.82. The minimum absolute atomic E-state index is 0.239. The van der Waals surface area contributed by atoms with Crippen molar-refractivity contribution in [2.45, 2.75) is 27.7 Å². The Kier molecular flexibility index (Phi) is 3.66. The normalized spacial score (nSPS) is 9.75. The smallest absolute Gasteiger partial charge is 0.335 e. The summed E-state index contributed by atoms with van der Waals surface area (Å²) < 4.78 is 5.33. The van der Waals surface area contributed by atoms with E-state index in [-0.39, 0.29) is 5.56 Å². The van der Waals surface area contributed by atoms with E-state index in [4.69, 9.17) is 9.52 Å². The molecule has 4 nitrogen and oxygen atoms in total. The molecule has 0 fully saturated rings. The van der Waals surface area contributed by atoms with Crippen LogP contribution in [0.2, 0.25) is 0 Å². The van der Waals surface area contributed by atoms with Crippen molar-refractivity contribution in [1.82, 2.24) is 4.98 Å². The van der Waals surface area contributed by atoms with Crippen molar-refractivity contribution >= 4 is 17.1 Å². The van der Waals surface area contributed by atoms with Gasteiger partial charge in [0, 0.05) is 6.92 Å². The lowest BCUT2D eigenvalue weighted by Gasteiger charge is -1.96. The van der Waals surface area contributed by atoms with Crippen LogP contribution in [0.25, 0.3) is 11.1 Å². The predicted octanol–water partition coefficient (Wildman–Crippen LogP) is 3.17. The van der Waals surface area contributed by atoms with Gasteiger partial charge in [0.1, 0.15) is 5.52 Å². The van der Waals surface area contributed by atoms with Gasteiger partial charge < -0.3 is 9.52 Å². The highest BCUT2D eigenvalue weighted by molar-refractivity contribution is 5.93. The summed E-state index contributed by atoms with van der Waals surface area (Å²) in [6.07, 6.45) is 0. The second kappa shape index (κ2) is 4.79. The Balaban J connectivity index is 0.000000606. The largest absolute Gasteiger partial charge is 0.478 e. The van der Waals surface area contributed by atoms with Crippen LogP contribution >= 0.6 is 0 Å². The van der Waals surface area contributed by atoms with Gasteiger partial charge in [-0.25, -0.2) is 9.78 Å². The van der Waals surface area contributed by atoms with Crippen molar-refractivity contribution in [1.29, 1.82) is 0 Å². The number of carbonyl (C=O) groups is 1. The van der Waals surface area contributed by atoms with Crippen LogP contribution in [0.1, 0.15) is 35.7 Å². The fourth-order valence-electron chi connectivity index (χ4n) is 1.43. The second-order valence-electron chi connectivity index (χ2n) is 3.18. The van der Waals surface area contributed by atoms with Gasteiger partial charge in [0.25, 0.3) is 0 Å². The number of carboxylic acids is 1. The Morgan fingerprint density at radius 1 is 1.31 bits per heavy atom. The molecule has 0 atom stereocenters.